The number of aryl methyl sites for hydroxylation is 1. The molecule has 2 heterocycles. The zero-order valence-corrected chi connectivity index (χ0v) is 15.9. The molecule has 0 aliphatic carbocycles. The molecule has 2 aromatic carbocycles. The second kappa shape index (κ2) is 7.68. The highest BCUT2D eigenvalue weighted by Crippen LogP contribution is 2.18. The van der Waals surface area contributed by atoms with Gasteiger partial charge in [0, 0.05) is 0 Å². The van der Waals surface area contributed by atoms with E-state index >= 15 is 0 Å². The fourth-order valence-corrected chi connectivity index (χ4v) is 3.22. The molecule has 0 saturated heterocycles. The van der Waals surface area contributed by atoms with Crippen LogP contribution in [0.3, 0.4) is 0 Å². The second-order valence-electron chi connectivity index (χ2n) is 6.83. The summed E-state index contributed by atoms with van der Waals surface area (Å²) in [4.78, 5) is 21.4. The molecule has 0 aliphatic rings. The Hall–Kier alpha value is -3.41. The number of oxazole rings is 1. The van der Waals surface area contributed by atoms with E-state index in [2.05, 4.69) is 15.3 Å². The third kappa shape index (κ3) is 3.67. The van der Waals surface area contributed by atoms with E-state index in [-0.39, 0.29) is 17.6 Å². The number of nitrogens with zero attached hydrogens (tertiary/aromatic N) is 3. The lowest BCUT2D eigenvalue weighted by atomic mass is 10.0. The Labute approximate surface area is 163 Å². The summed E-state index contributed by atoms with van der Waals surface area (Å²) in [6, 6.07) is 16.0. The first-order valence-corrected chi connectivity index (χ1v) is 9.35. The fraction of sp³-hybridized carbons (Fsp3) is 0.227. The monoisotopic (exact) mass is 374 g/mol. The predicted octanol–water partition coefficient (Wildman–Crippen LogP) is 4.26. The number of rotatable bonds is 6. The van der Waals surface area contributed by atoms with Crippen molar-refractivity contribution in [2.75, 3.05) is 0 Å². The minimum absolute atomic E-state index is 0.0640. The molecular weight excluding hydrogens is 352 g/mol. The number of imidazole rings is 1. The van der Waals surface area contributed by atoms with Crippen molar-refractivity contribution < 1.29 is 9.21 Å². The number of carbonyl (C=O) groups is 1. The maximum Gasteiger partial charge on any atom is 0.273 e. The molecule has 28 heavy (non-hydrogen) atoms. The molecule has 4 aromatic rings. The Balaban J connectivity index is 1.47. The van der Waals surface area contributed by atoms with Crippen LogP contribution in [-0.2, 0) is 6.54 Å². The average molecular weight is 374 g/mol. The third-order valence-corrected chi connectivity index (χ3v) is 4.81. The van der Waals surface area contributed by atoms with Gasteiger partial charge in [0.05, 0.1) is 23.4 Å². The normalized spacial score (nSPS) is 12.2. The summed E-state index contributed by atoms with van der Waals surface area (Å²) in [5.41, 5.74) is 4.46. The Morgan fingerprint density at radius 1 is 1.18 bits per heavy atom. The lowest BCUT2D eigenvalue weighted by molar-refractivity contribution is 0.0930. The van der Waals surface area contributed by atoms with E-state index in [4.69, 9.17) is 4.42 Å². The van der Waals surface area contributed by atoms with Crippen molar-refractivity contribution in [3.63, 3.8) is 0 Å². The van der Waals surface area contributed by atoms with Gasteiger partial charge in [-0.25, -0.2) is 9.97 Å². The van der Waals surface area contributed by atoms with Crippen molar-refractivity contribution in [2.45, 2.75) is 32.9 Å². The third-order valence-electron chi connectivity index (χ3n) is 4.81. The van der Waals surface area contributed by atoms with Gasteiger partial charge in [-0.2, -0.15) is 0 Å². The molecule has 0 fully saturated rings. The van der Waals surface area contributed by atoms with Gasteiger partial charge in [-0.15, -0.1) is 0 Å². The molecule has 0 bridgehead atoms. The smallest absolute Gasteiger partial charge is 0.273 e. The summed E-state index contributed by atoms with van der Waals surface area (Å²) in [6.07, 6.45) is 3.95. The minimum atomic E-state index is -0.238. The molecule has 0 radical (unpaired) electrons. The minimum Gasteiger partial charge on any atom is -0.446 e. The topological polar surface area (TPSA) is 73.0 Å². The van der Waals surface area contributed by atoms with E-state index in [1.165, 1.54) is 11.8 Å². The number of aromatic nitrogens is 3. The zero-order valence-electron chi connectivity index (χ0n) is 15.9. The number of carbonyl (C=O) groups excluding carboxylic acids is 1. The number of benzene rings is 2. The first-order valence-electron chi connectivity index (χ1n) is 9.35. The quantitative estimate of drug-likeness (QED) is 0.547. The van der Waals surface area contributed by atoms with E-state index < -0.39 is 0 Å². The highest BCUT2D eigenvalue weighted by atomic mass is 16.3. The SMILES string of the molecule is CCC(NC(=O)c1coc(Cn2cnc3ccccc32)n1)c1ccc(C)cc1. The maximum atomic E-state index is 12.6. The molecule has 1 N–H and O–H groups in total. The van der Waals surface area contributed by atoms with Crippen LogP contribution in [0.5, 0.6) is 0 Å². The van der Waals surface area contributed by atoms with Crippen LogP contribution in [0.4, 0.5) is 0 Å². The Bertz CT molecular complexity index is 1100. The van der Waals surface area contributed by atoms with Gasteiger partial charge >= 0.3 is 0 Å². The highest BCUT2D eigenvalue weighted by molar-refractivity contribution is 5.92. The van der Waals surface area contributed by atoms with Gasteiger partial charge < -0.3 is 14.3 Å². The zero-order chi connectivity index (χ0) is 19.5. The number of para-hydroxylation sites is 2. The molecule has 6 heteroatoms. The van der Waals surface area contributed by atoms with Gasteiger partial charge in [-0.05, 0) is 31.0 Å². The number of fused-ring (bicyclic) bond motifs is 1. The van der Waals surface area contributed by atoms with Crippen LogP contribution < -0.4 is 5.32 Å². The summed E-state index contributed by atoms with van der Waals surface area (Å²) in [7, 11) is 0. The first kappa shape index (κ1) is 18.0. The van der Waals surface area contributed by atoms with Crippen LogP contribution in [0.15, 0.2) is 65.5 Å². The van der Waals surface area contributed by atoms with Gasteiger partial charge in [0.25, 0.3) is 5.91 Å². The molecule has 1 atom stereocenters. The lowest BCUT2D eigenvalue weighted by Gasteiger charge is -2.16. The summed E-state index contributed by atoms with van der Waals surface area (Å²) >= 11 is 0. The van der Waals surface area contributed by atoms with Gasteiger partial charge in [-0.1, -0.05) is 48.9 Å². The molecule has 4 rings (SSSR count). The Morgan fingerprint density at radius 3 is 2.75 bits per heavy atom. The highest BCUT2D eigenvalue weighted by Gasteiger charge is 2.18. The van der Waals surface area contributed by atoms with E-state index in [1.807, 2.05) is 66.9 Å². The molecule has 0 aliphatic heterocycles. The second-order valence-corrected chi connectivity index (χ2v) is 6.83. The number of hydrogen-bond acceptors (Lipinski definition) is 4. The van der Waals surface area contributed by atoms with Crippen LogP contribution in [-0.4, -0.2) is 20.4 Å². The van der Waals surface area contributed by atoms with Crippen LogP contribution in [0.1, 0.15) is 46.9 Å². The van der Waals surface area contributed by atoms with Crippen LogP contribution in [0.25, 0.3) is 11.0 Å². The summed E-state index contributed by atoms with van der Waals surface area (Å²) < 4.78 is 7.47. The standard InChI is InChI=1S/C22H22N4O2/c1-3-17(16-10-8-15(2)9-11-16)25-22(27)19-13-28-21(24-19)12-26-14-23-18-6-4-5-7-20(18)26/h4-11,13-14,17H,3,12H2,1-2H3,(H,25,27). The van der Waals surface area contributed by atoms with E-state index in [9.17, 15) is 4.79 Å². The molecule has 0 saturated carbocycles. The lowest BCUT2D eigenvalue weighted by Crippen LogP contribution is -2.28. The van der Waals surface area contributed by atoms with E-state index in [0.29, 0.717) is 12.4 Å². The summed E-state index contributed by atoms with van der Waals surface area (Å²) in [5.74, 6) is 0.231. The fourth-order valence-electron chi connectivity index (χ4n) is 3.22. The number of amides is 1. The first-order chi connectivity index (χ1) is 13.6. The summed E-state index contributed by atoms with van der Waals surface area (Å²) in [5, 5.41) is 3.04. The Kier molecular flexibility index (Phi) is 4.93. The molecule has 1 amide bonds. The molecule has 6 nitrogen and oxygen atoms in total. The van der Waals surface area contributed by atoms with Crippen LogP contribution >= 0.6 is 0 Å². The van der Waals surface area contributed by atoms with Crippen LogP contribution in [0.2, 0.25) is 0 Å². The van der Waals surface area contributed by atoms with Gasteiger partial charge in [0.15, 0.2) is 5.69 Å². The molecule has 142 valence electrons. The van der Waals surface area contributed by atoms with Gasteiger partial charge in [0.1, 0.15) is 12.8 Å². The van der Waals surface area contributed by atoms with Crippen molar-refractivity contribution in [3.05, 3.63) is 83.8 Å². The average Bonchev–Trinajstić information content (AvgIpc) is 3.35. The molecular formula is C22H22N4O2. The molecule has 2 aromatic heterocycles. The predicted molar refractivity (Wildman–Crippen MR) is 107 cm³/mol. The number of nitrogens with one attached hydrogen (secondary N) is 1. The molecule has 1 unspecified atom stereocenters. The largest absolute Gasteiger partial charge is 0.446 e. The molecule has 0 spiro atoms. The van der Waals surface area contributed by atoms with Crippen molar-refractivity contribution in [1.29, 1.82) is 0 Å². The van der Waals surface area contributed by atoms with Crippen molar-refractivity contribution in [3.8, 4) is 0 Å². The van der Waals surface area contributed by atoms with Crippen molar-refractivity contribution in [1.82, 2.24) is 19.9 Å². The van der Waals surface area contributed by atoms with Crippen LogP contribution in [0, 0.1) is 6.92 Å². The van der Waals surface area contributed by atoms with E-state index in [1.54, 1.807) is 6.33 Å². The maximum absolute atomic E-state index is 12.6. The number of hydrogen-bond donors (Lipinski definition) is 1. The van der Waals surface area contributed by atoms with Gasteiger partial charge in [-0.3, -0.25) is 4.79 Å². The van der Waals surface area contributed by atoms with Gasteiger partial charge in [0.2, 0.25) is 5.89 Å². The Morgan fingerprint density at radius 2 is 1.96 bits per heavy atom. The summed E-state index contributed by atoms with van der Waals surface area (Å²) in [6.45, 7) is 4.51. The van der Waals surface area contributed by atoms with Crippen molar-refractivity contribution in [2.24, 2.45) is 0 Å². The van der Waals surface area contributed by atoms with E-state index in [0.717, 1.165) is 23.0 Å². The van der Waals surface area contributed by atoms with Crippen molar-refractivity contribution >= 4 is 16.9 Å².